The number of amides is 1. The van der Waals surface area contributed by atoms with E-state index in [0.717, 1.165) is 16.5 Å². The van der Waals surface area contributed by atoms with Crippen molar-refractivity contribution >= 4 is 16.8 Å². The molecule has 2 aromatic carbocycles. The maximum atomic E-state index is 12.8. The summed E-state index contributed by atoms with van der Waals surface area (Å²) in [5, 5.41) is 7.76. The smallest absolute Gasteiger partial charge is 0.267 e. The molecule has 0 spiro atoms. The second-order valence-electron chi connectivity index (χ2n) is 6.40. The van der Waals surface area contributed by atoms with Crippen molar-refractivity contribution in [2.75, 3.05) is 6.54 Å². The molecule has 0 saturated carbocycles. The number of aromatic nitrogens is 3. The molecule has 1 N–H and O–H groups in total. The van der Waals surface area contributed by atoms with Gasteiger partial charge in [0, 0.05) is 30.4 Å². The Morgan fingerprint density at radius 3 is 2.67 bits per heavy atom. The molecule has 0 saturated heterocycles. The van der Waals surface area contributed by atoms with Crippen LogP contribution in [0.5, 0.6) is 0 Å². The second kappa shape index (κ2) is 7.45. The van der Waals surface area contributed by atoms with Gasteiger partial charge in [0.1, 0.15) is 5.69 Å². The quantitative estimate of drug-likeness (QED) is 0.572. The largest absolute Gasteiger partial charge is 0.350 e. The van der Waals surface area contributed by atoms with Crippen molar-refractivity contribution in [3.05, 3.63) is 83.6 Å². The van der Waals surface area contributed by atoms with Gasteiger partial charge >= 0.3 is 0 Å². The van der Waals surface area contributed by atoms with Crippen molar-refractivity contribution in [3.63, 3.8) is 0 Å². The molecule has 0 fully saturated rings. The fraction of sp³-hybridized carbons (Fsp3) is 0.190. The van der Waals surface area contributed by atoms with Crippen molar-refractivity contribution in [2.24, 2.45) is 0 Å². The van der Waals surface area contributed by atoms with E-state index in [9.17, 15) is 4.79 Å². The lowest BCUT2D eigenvalue weighted by Gasteiger charge is -2.11. The van der Waals surface area contributed by atoms with E-state index in [1.54, 1.807) is 6.92 Å². The number of hydrogen-bond acceptors (Lipinski definition) is 4. The first-order valence-electron chi connectivity index (χ1n) is 8.90. The second-order valence-corrected chi connectivity index (χ2v) is 6.40. The number of carbonyl (C=O) groups excluding carboxylic acids is 1. The summed E-state index contributed by atoms with van der Waals surface area (Å²) in [6.07, 6.45) is 0.505. The summed E-state index contributed by atoms with van der Waals surface area (Å²) >= 11 is 0. The molecule has 0 aliphatic carbocycles. The van der Waals surface area contributed by atoms with Crippen molar-refractivity contribution < 1.29 is 9.32 Å². The summed E-state index contributed by atoms with van der Waals surface area (Å²) in [5.74, 6) is 1.01. The number of rotatable bonds is 6. The topological polar surface area (TPSA) is 73.0 Å². The van der Waals surface area contributed by atoms with E-state index < -0.39 is 0 Å². The first-order valence-corrected chi connectivity index (χ1v) is 8.90. The highest BCUT2D eigenvalue weighted by Crippen LogP contribution is 2.21. The molecule has 0 atom stereocenters. The number of benzene rings is 2. The average molecular weight is 360 g/mol. The van der Waals surface area contributed by atoms with Crippen molar-refractivity contribution in [1.82, 2.24) is 20.0 Å². The van der Waals surface area contributed by atoms with Crippen LogP contribution in [0.2, 0.25) is 0 Å². The summed E-state index contributed by atoms with van der Waals surface area (Å²) < 4.78 is 7.14. The van der Waals surface area contributed by atoms with Crippen LogP contribution in [-0.2, 0) is 13.0 Å². The van der Waals surface area contributed by atoms with E-state index >= 15 is 0 Å². The molecule has 6 nitrogen and oxygen atoms in total. The van der Waals surface area contributed by atoms with Gasteiger partial charge in [0.15, 0.2) is 5.82 Å². The molecule has 2 aromatic heterocycles. The first kappa shape index (κ1) is 17.0. The van der Waals surface area contributed by atoms with Crippen LogP contribution in [0.3, 0.4) is 0 Å². The molecule has 4 aromatic rings. The number of para-hydroxylation sites is 1. The van der Waals surface area contributed by atoms with Crippen LogP contribution in [-0.4, -0.2) is 27.2 Å². The lowest BCUT2D eigenvalue weighted by Crippen LogP contribution is -2.28. The van der Waals surface area contributed by atoms with Gasteiger partial charge in [-0.2, -0.15) is 4.98 Å². The van der Waals surface area contributed by atoms with Crippen LogP contribution in [0.15, 0.2) is 65.2 Å². The zero-order valence-electron chi connectivity index (χ0n) is 15.1. The fourth-order valence-electron chi connectivity index (χ4n) is 3.15. The number of carbonyl (C=O) groups is 1. The van der Waals surface area contributed by atoms with Crippen molar-refractivity contribution in [3.8, 4) is 0 Å². The molecule has 0 unspecified atom stereocenters. The zero-order valence-corrected chi connectivity index (χ0v) is 15.1. The van der Waals surface area contributed by atoms with E-state index in [1.807, 2.05) is 48.5 Å². The Hall–Kier alpha value is -3.41. The highest BCUT2D eigenvalue weighted by molar-refractivity contribution is 5.98. The monoisotopic (exact) mass is 360 g/mol. The van der Waals surface area contributed by atoms with Crippen molar-refractivity contribution in [2.45, 2.75) is 19.9 Å². The third kappa shape index (κ3) is 3.74. The van der Waals surface area contributed by atoms with Gasteiger partial charge in [-0.1, -0.05) is 53.7 Å². The minimum Gasteiger partial charge on any atom is -0.350 e. The maximum absolute atomic E-state index is 12.8. The average Bonchev–Trinajstić information content (AvgIpc) is 3.26. The highest BCUT2D eigenvalue weighted by Gasteiger charge is 2.16. The normalized spacial score (nSPS) is 11.0. The predicted molar refractivity (Wildman–Crippen MR) is 103 cm³/mol. The van der Waals surface area contributed by atoms with Crippen LogP contribution in [0.25, 0.3) is 10.9 Å². The van der Waals surface area contributed by atoms with Gasteiger partial charge in [0.2, 0.25) is 5.89 Å². The summed E-state index contributed by atoms with van der Waals surface area (Å²) in [7, 11) is 0. The fourth-order valence-corrected chi connectivity index (χ4v) is 3.15. The predicted octanol–water partition coefficient (Wildman–Crippen LogP) is 3.35. The third-order valence-electron chi connectivity index (χ3n) is 4.42. The Labute approximate surface area is 156 Å². The maximum Gasteiger partial charge on any atom is 0.267 e. The molecular formula is C21H20N4O2. The van der Waals surface area contributed by atoms with Gasteiger partial charge in [-0.3, -0.25) is 4.79 Å². The van der Waals surface area contributed by atoms with E-state index in [2.05, 4.69) is 32.2 Å². The molecule has 2 heterocycles. The Morgan fingerprint density at radius 1 is 1.11 bits per heavy atom. The van der Waals surface area contributed by atoms with Gasteiger partial charge in [0.05, 0.1) is 0 Å². The highest BCUT2D eigenvalue weighted by atomic mass is 16.5. The minimum absolute atomic E-state index is 0.113. The Balaban J connectivity index is 1.56. The van der Waals surface area contributed by atoms with Crippen LogP contribution in [0.1, 0.15) is 27.8 Å². The van der Waals surface area contributed by atoms with E-state index in [4.69, 9.17) is 4.52 Å². The molecule has 27 heavy (non-hydrogen) atoms. The molecule has 0 radical (unpaired) electrons. The van der Waals surface area contributed by atoms with Crippen LogP contribution < -0.4 is 5.32 Å². The molecule has 0 aliphatic heterocycles. The number of nitrogens with one attached hydrogen (secondary N) is 1. The number of aryl methyl sites for hydroxylation is 1. The van der Waals surface area contributed by atoms with Gasteiger partial charge in [-0.05, 0) is 24.6 Å². The van der Waals surface area contributed by atoms with Crippen LogP contribution >= 0.6 is 0 Å². The molecule has 0 bridgehead atoms. The van der Waals surface area contributed by atoms with Crippen LogP contribution in [0.4, 0.5) is 0 Å². The lowest BCUT2D eigenvalue weighted by molar-refractivity contribution is 0.0945. The zero-order chi connectivity index (χ0) is 18.6. The minimum atomic E-state index is -0.113. The summed E-state index contributed by atoms with van der Waals surface area (Å²) in [6.45, 7) is 2.85. The molecule has 1 amide bonds. The molecular weight excluding hydrogens is 340 g/mol. The number of nitrogens with zero attached hydrogens (tertiary/aromatic N) is 3. The molecule has 0 aliphatic rings. The standard InChI is InChI=1S/C21H20N4O2/c1-15-23-20(27-24-15)11-12-22-21(26)19-13-17-9-5-6-10-18(17)25(19)14-16-7-3-2-4-8-16/h2-10,13H,11-12,14H2,1H3,(H,22,26). The van der Waals surface area contributed by atoms with Gasteiger partial charge < -0.3 is 14.4 Å². The molecule has 4 rings (SSSR count). The lowest BCUT2D eigenvalue weighted by atomic mass is 10.2. The Kier molecular flexibility index (Phi) is 4.70. The Bertz CT molecular complexity index is 1070. The number of fused-ring (bicyclic) bond motifs is 1. The summed E-state index contributed by atoms with van der Waals surface area (Å²) in [5.41, 5.74) is 2.83. The molecule has 136 valence electrons. The van der Waals surface area contributed by atoms with Gasteiger partial charge in [0.25, 0.3) is 5.91 Å². The van der Waals surface area contributed by atoms with Gasteiger partial charge in [-0.15, -0.1) is 0 Å². The van der Waals surface area contributed by atoms with E-state index in [0.29, 0.717) is 36.9 Å². The van der Waals surface area contributed by atoms with E-state index in [-0.39, 0.29) is 5.91 Å². The SMILES string of the molecule is Cc1noc(CCNC(=O)c2cc3ccccc3n2Cc2ccccc2)n1. The Morgan fingerprint density at radius 2 is 1.89 bits per heavy atom. The molecule has 6 heteroatoms. The third-order valence-corrected chi connectivity index (χ3v) is 4.42. The van der Waals surface area contributed by atoms with Crippen molar-refractivity contribution in [1.29, 1.82) is 0 Å². The first-order chi connectivity index (χ1) is 13.2. The summed E-state index contributed by atoms with van der Waals surface area (Å²) in [6, 6.07) is 20.1. The number of hydrogen-bond donors (Lipinski definition) is 1. The van der Waals surface area contributed by atoms with E-state index in [1.165, 1.54) is 0 Å². The van der Waals surface area contributed by atoms with Gasteiger partial charge in [-0.25, -0.2) is 0 Å². The van der Waals surface area contributed by atoms with Crippen LogP contribution in [0, 0.1) is 6.92 Å². The summed E-state index contributed by atoms with van der Waals surface area (Å²) in [4.78, 5) is 17.0.